The standard InChI is InChI=1S/C24H27ClN4O2/c1-6-20-17(3)21(10-11-26-4)23(28-19-9-7-8-18(25)15-19)29-22(20)14-16(2)24(30)27-12-13-31-5/h6-11,14-15H,2-3,12-13H2,1,4-5H3,(H,27,30)(H,28,29)/b20-6-,21-10+,22-14+,26-11-. The average Bonchev–Trinajstić information content (AvgIpc) is 2.73. The SMILES string of the molecule is C=C(/C=c1/nc(Nc2cccc(Cl)c2)/c(=C/C=N\C)c(=C)/c1=C/C)C(=O)NCCOC. The van der Waals surface area contributed by atoms with Crippen LogP contribution in [0.4, 0.5) is 11.5 Å². The largest absolute Gasteiger partial charge is 0.383 e. The van der Waals surface area contributed by atoms with E-state index in [1.807, 2.05) is 31.2 Å². The molecule has 2 rings (SSSR count). The molecule has 31 heavy (non-hydrogen) atoms. The van der Waals surface area contributed by atoms with E-state index in [1.165, 1.54) is 0 Å². The molecule has 0 saturated heterocycles. The minimum Gasteiger partial charge on any atom is -0.383 e. The third-order valence-corrected chi connectivity index (χ3v) is 4.61. The molecule has 0 fully saturated rings. The van der Waals surface area contributed by atoms with E-state index in [4.69, 9.17) is 21.3 Å². The molecule has 0 aliphatic carbocycles. The summed E-state index contributed by atoms with van der Waals surface area (Å²) in [4.78, 5) is 21.1. The summed E-state index contributed by atoms with van der Waals surface area (Å²) in [5.41, 5.74) is 1.06. The molecule has 162 valence electrons. The molecule has 0 atom stereocenters. The van der Waals surface area contributed by atoms with Crippen molar-refractivity contribution in [2.24, 2.45) is 4.99 Å². The van der Waals surface area contributed by atoms with Gasteiger partial charge in [0.1, 0.15) is 5.82 Å². The minimum absolute atomic E-state index is 0.284. The second kappa shape index (κ2) is 11.8. The highest BCUT2D eigenvalue weighted by atomic mass is 35.5. The van der Waals surface area contributed by atoms with Crippen molar-refractivity contribution in [3.63, 3.8) is 0 Å². The Hall–Kier alpha value is -3.22. The molecule has 0 bridgehead atoms. The summed E-state index contributed by atoms with van der Waals surface area (Å²) < 4.78 is 4.96. The van der Waals surface area contributed by atoms with Gasteiger partial charge in [-0.25, -0.2) is 4.98 Å². The van der Waals surface area contributed by atoms with Crippen molar-refractivity contribution in [2.45, 2.75) is 6.92 Å². The summed E-state index contributed by atoms with van der Waals surface area (Å²) in [6.07, 6.45) is 7.07. The number of hydrogen-bond donors (Lipinski definition) is 2. The molecule has 0 unspecified atom stereocenters. The molecule has 6 nitrogen and oxygen atoms in total. The molecular weight excluding hydrogens is 412 g/mol. The van der Waals surface area contributed by atoms with Gasteiger partial charge in [0.15, 0.2) is 0 Å². The first-order valence-electron chi connectivity index (χ1n) is 9.69. The fourth-order valence-corrected chi connectivity index (χ4v) is 3.04. The summed E-state index contributed by atoms with van der Waals surface area (Å²) in [6.45, 7) is 10.8. The average molecular weight is 439 g/mol. The van der Waals surface area contributed by atoms with Crippen LogP contribution in [-0.2, 0) is 9.53 Å². The van der Waals surface area contributed by atoms with Gasteiger partial charge in [-0.1, -0.05) is 36.9 Å². The van der Waals surface area contributed by atoms with E-state index >= 15 is 0 Å². The van der Waals surface area contributed by atoms with Gasteiger partial charge in [-0.2, -0.15) is 0 Å². The first-order valence-corrected chi connectivity index (χ1v) is 10.1. The lowest BCUT2D eigenvalue weighted by molar-refractivity contribution is -0.117. The molecule has 1 amide bonds. The number of benzene rings is 1. The number of carbonyl (C=O) groups is 1. The van der Waals surface area contributed by atoms with Crippen molar-refractivity contribution in [2.75, 3.05) is 32.6 Å². The van der Waals surface area contributed by atoms with Gasteiger partial charge in [0, 0.05) is 53.6 Å². The van der Waals surface area contributed by atoms with Crippen molar-refractivity contribution in [3.8, 4) is 0 Å². The normalized spacial score (nSPS) is 13.1. The number of methoxy groups -OCH3 is 1. The number of aliphatic imine (C=N–C) groups is 1. The van der Waals surface area contributed by atoms with Gasteiger partial charge in [0.25, 0.3) is 5.91 Å². The van der Waals surface area contributed by atoms with Gasteiger partial charge in [0.05, 0.1) is 12.0 Å². The van der Waals surface area contributed by atoms with E-state index in [0.717, 1.165) is 21.3 Å². The van der Waals surface area contributed by atoms with E-state index in [2.05, 4.69) is 28.8 Å². The molecule has 0 saturated carbocycles. The number of hydrogen-bond acceptors (Lipinski definition) is 5. The van der Waals surface area contributed by atoms with E-state index in [-0.39, 0.29) is 11.5 Å². The van der Waals surface area contributed by atoms with Gasteiger partial charge in [-0.15, -0.1) is 0 Å². The van der Waals surface area contributed by atoms with Crippen LogP contribution >= 0.6 is 11.6 Å². The van der Waals surface area contributed by atoms with Crippen LogP contribution in [-0.4, -0.2) is 44.4 Å². The number of ether oxygens (including phenoxy) is 1. The van der Waals surface area contributed by atoms with E-state index in [0.29, 0.717) is 29.3 Å². The van der Waals surface area contributed by atoms with Gasteiger partial charge >= 0.3 is 0 Å². The fourth-order valence-electron chi connectivity index (χ4n) is 2.85. The molecule has 1 heterocycles. The fraction of sp³-hybridized carbons (Fsp3) is 0.208. The van der Waals surface area contributed by atoms with Crippen molar-refractivity contribution in [3.05, 3.63) is 62.4 Å². The van der Waals surface area contributed by atoms with Crippen LogP contribution in [0.15, 0.2) is 41.4 Å². The maximum absolute atomic E-state index is 12.3. The molecule has 0 radical (unpaired) electrons. The van der Waals surface area contributed by atoms with Crippen molar-refractivity contribution >= 4 is 60.0 Å². The number of carbonyl (C=O) groups excluding carboxylic acids is 1. The maximum Gasteiger partial charge on any atom is 0.250 e. The number of aromatic nitrogens is 1. The predicted octanol–water partition coefficient (Wildman–Crippen LogP) is 1.27. The van der Waals surface area contributed by atoms with Crippen molar-refractivity contribution in [1.82, 2.24) is 10.3 Å². The smallest absolute Gasteiger partial charge is 0.250 e. The van der Waals surface area contributed by atoms with Crippen LogP contribution in [0.5, 0.6) is 0 Å². The minimum atomic E-state index is -0.287. The van der Waals surface area contributed by atoms with Crippen LogP contribution in [0, 0.1) is 0 Å². The summed E-state index contributed by atoms with van der Waals surface area (Å²) in [5, 5.41) is 9.56. The van der Waals surface area contributed by atoms with Crippen LogP contribution in [0.3, 0.4) is 0 Å². The Balaban J connectivity index is 2.64. The van der Waals surface area contributed by atoms with Crippen molar-refractivity contribution in [1.29, 1.82) is 0 Å². The molecular formula is C24H27ClN4O2. The summed E-state index contributed by atoms with van der Waals surface area (Å²) in [5.74, 6) is 0.279. The Kier molecular flexibility index (Phi) is 9.18. The number of rotatable bonds is 8. The summed E-state index contributed by atoms with van der Waals surface area (Å²) >= 11 is 6.12. The van der Waals surface area contributed by atoms with Crippen LogP contribution < -0.4 is 31.6 Å². The zero-order valence-corrected chi connectivity index (χ0v) is 18.8. The van der Waals surface area contributed by atoms with Gasteiger partial charge in [-0.05, 0) is 42.5 Å². The number of anilines is 2. The lowest BCUT2D eigenvalue weighted by Crippen LogP contribution is -2.50. The number of amides is 1. The summed E-state index contributed by atoms with van der Waals surface area (Å²) in [6, 6.07) is 7.33. The highest BCUT2D eigenvalue weighted by Crippen LogP contribution is 2.16. The first kappa shape index (κ1) is 24.1. The maximum atomic E-state index is 12.3. The lowest BCUT2D eigenvalue weighted by Gasteiger charge is -2.09. The molecule has 0 spiro atoms. The molecule has 7 heteroatoms. The number of nitrogens with one attached hydrogen (secondary N) is 2. The Morgan fingerprint density at radius 2 is 2.13 bits per heavy atom. The number of halogens is 1. The zero-order valence-electron chi connectivity index (χ0n) is 18.0. The highest BCUT2D eigenvalue weighted by molar-refractivity contribution is 6.30. The number of pyridine rings is 1. The predicted molar refractivity (Wildman–Crippen MR) is 131 cm³/mol. The second-order valence-electron chi connectivity index (χ2n) is 6.57. The van der Waals surface area contributed by atoms with E-state index < -0.39 is 0 Å². The Morgan fingerprint density at radius 1 is 1.35 bits per heavy atom. The van der Waals surface area contributed by atoms with Gasteiger partial charge < -0.3 is 15.4 Å². The highest BCUT2D eigenvalue weighted by Gasteiger charge is 2.07. The molecule has 2 aromatic rings. The first-order chi connectivity index (χ1) is 14.9. The molecule has 0 aliphatic rings. The lowest BCUT2D eigenvalue weighted by atomic mass is 10.1. The monoisotopic (exact) mass is 438 g/mol. The topological polar surface area (TPSA) is 75.6 Å². The Bertz CT molecular complexity index is 1220. The molecule has 2 N–H and O–H groups in total. The molecule has 0 aliphatic heterocycles. The van der Waals surface area contributed by atoms with Gasteiger partial charge in [-0.3, -0.25) is 9.79 Å². The third kappa shape index (κ3) is 6.64. The van der Waals surface area contributed by atoms with Crippen LogP contribution in [0.25, 0.3) is 24.8 Å². The molecule has 1 aromatic heterocycles. The quantitative estimate of drug-likeness (QED) is 0.370. The van der Waals surface area contributed by atoms with Crippen molar-refractivity contribution < 1.29 is 9.53 Å². The number of nitrogens with zero attached hydrogens (tertiary/aromatic N) is 2. The van der Waals surface area contributed by atoms with E-state index in [1.54, 1.807) is 38.6 Å². The van der Waals surface area contributed by atoms with Crippen LogP contribution in [0.2, 0.25) is 5.02 Å². The zero-order chi connectivity index (χ0) is 22.8. The molecule has 1 aromatic carbocycles. The van der Waals surface area contributed by atoms with Gasteiger partial charge in [0.2, 0.25) is 0 Å². The van der Waals surface area contributed by atoms with Crippen LogP contribution in [0.1, 0.15) is 6.92 Å². The Labute approximate surface area is 187 Å². The Morgan fingerprint density at radius 3 is 2.77 bits per heavy atom. The summed E-state index contributed by atoms with van der Waals surface area (Å²) in [7, 11) is 3.27. The van der Waals surface area contributed by atoms with E-state index in [9.17, 15) is 4.79 Å². The third-order valence-electron chi connectivity index (χ3n) is 4.37. The second-order valence-corrected chi connectivity index (χ2v) is 7.00.